The first kappa shape index (κ1) is 12.2. The Morgan fingerprint density at radius 2 is 2.20 bits per heavy atom. The van der Waals surface area contributed by atoms with Gasteiger partial charge in [0.15, 0.2) is 5.16 Å². The van der Waals surface area contributed by atoms with Crippen LogP contribution in [0.15, 0.2) is 17.6 Å². The van der Waals surface area contributed by atoms with Crippen LogP contribution in [0.2, 0.25) is 0 Å². The van der Waals surface area contributed by atoms with Crippen LogP contribution in [-0.2, 0) is 0 Å². The molecule has 1 unspecified atom stereocenters. The van der Waals surface area contributed by atoms with E-state index in [9.17, 15) is 10.1 Å². The second-order valence-corrected chi connectivity index (χ2v) is 4.67. The monoisotopic (exact) mass is 247 g/mol. The number of halogens is 1. The van der Waals surface area contributed by atoms with E-state index < -0.39 is 4.92 Å². The Morgan fingerprint density at radius 3 is 2.67 bits per heavy atom. The van der Waals surface area contributed by atoms with Crippen LogP contribution in [-0.4, -0.2) is 26.0 Å². The Hall–Kier alpha value is -0.880. The number of hydrogen-bond donors (Lipinski definition) is 0. The maximum atomic E-state index is 10.3. The first-order valence-electron chi connectivity index (χ1n) is 4.32. The first-order valence-corrected chi connectivity index (χ1v) is 5.74. The summed E-state index contributed by atoms with van der Waals surface area (Å²) in [5.41, 5.74) is -0.0932. The zero-order chi connectivity index (χ0) is 11.3. The topological polar surface area (TPSA) is 68.9 Å². The summed E-state index contributed by atoms with van der Waals surface area (Å²) in [5, 5.41) is 11.2. The summed E-state index contributed by atoms with van der Waals surface area (Å²) < 4.78 is 0. The van der Waals surface area contributed by atoms with Crippen LogP contribution >= 0.6 is 23.4 Å². The summed E-state index contributed by atoms with van der Waals surface area (Å²) in [5.74, 6) is 0.584. The average Bonchev–Trinajstić information content (AvgIpc) is 2.18. The standard InChI is InChI=1S/C8H10ClN3O2S/c1-6(2-3-9)15-8-10-4-7(5-11-8)12(13)14/h4-6H,2-3H2,1H3. The lowest BCUT2D eigenvalue weighted by atomic mass is 10.4. The molecule has 1 aromatic heterocycles. The maximum Gasteiger partial charge on any atom is 0.305 e. The highest BCUT2D eigenvalue weighted by atomic mass is 35.5. The second-order valence-electron chi connectivity index (χ2n) is 2.89. The number of rotatable bonds is 5. The van der Waals surface area contributed by atoms with Crippen molar-refractivity contribution in [1.82, 2.24) is 9.97 Å². The third-order valence-electron chi connectivity index (χ3n) is 1.65. The molecule has 0 N–H and O–H groups in total. The summed E-state index contributed by atoms with van der Waals surface area (Å²) in [6.07, 6.45) is 3.28. The lowest BCUT2D eigenvalue weighted by Gasteiger charge is -2.06. The highest BCUT2D eigenvalue weighted by Gasteiger charge is 2.09. The Kier molecular flexibility index (Phi) is 4.77. The van der Waals surface area contributed by atoms with E-state index in [1.165, 1.54) is 24.2 Å². The summed E-state index contributed by atoms with van der Waals surface area (Å²) >= 11 is 7.05. The summed E-state index contributed by atoms with van der Waals surface area (Å²) in [6, 6.07) is 0. The summed E-state index contributed by atoms with van der Waals surface area (Å²) in [4.78, 5) is 17.6. The molecule has 0 radical (unpaired) electrons. The molecule has 0 aliphatic rings. The lowest BCUT2D eigenvalue weighted by molar-refractivity contribution is -0.385. The van der Waals surface area contributed by atoms with Crippen LogP contribution in [0.1, 0.15) is 13.3 Å². The molecular weight excluding hydrogens is 238 g/mol. The second kappa shape index (κ2) is 5.87. The molecule has 0 aromatic carbocycles. The van der Waals surface area contributed by atoms with E-state index in [0.717, 1.165) is 6.42 Å². The Bertz CT molecular complexity index is 333. The first-order chi connectivity index (χ1) is 7.13. The van der Waals surface area contributed by atoms with Gasteiger partial charge in [0, 0.05) is 11.1 Å². The normalized spacial score (nSPS) is 12.4. The van der Waals surface area contributed by atoms with E-state index in [-0.39, 0.29) is 5.69 Å². The van der Waals surface area contributed by atoms with Gasteiger partial charge in [-0.25, -0.2) is 9.97 Å². The number of nitro groups is 1. The van der Waals surface area contributed by atoms with E-state index in [4.69, 9.17) is 11.6 Å². The number of nitrogens with zero attached hydrogens (tertiary/aromatic N) is 3. The minimum absolute atomic E-state index is 0.0932. The van der Waals surface area contributed by atoms with Crippen LogP contribution in [0, 0.1) is 10.1 Å². The molecule has 1 rings (SSSR count). The molecule has 15 heavy (non-hydrogen) atoms. The molecule has 0 aliphatic carbocycles. The number of alkyl halides is 1. The van der Waals surface area contributed by atoms with Gasteiger partial charge < -0.3 is 0 Å². The molecule has 82 valence electrons. The van der Waals surface area contributed by atoms with Crippen LogP contribution in [0.3, 0.4) is 0 Å². The Labute approximate surface area is 96.4 Å². The molecule has 0 bridgehead atoms. The fourth-order valence-corrected chi connectivity index (χ4v) is 2.14. The molecule has 1 aromatic rings. The van der Waals surface area contributed by atoms with Crippen molar-refractivity contribution in [3.8, 4) is 0 Å². The van der Waals surface area contributed by atoms with Gasteiger partial charge in [0.05, 0.1) is 4.92 Å². The third kappa shape index (κ3) is 4.01. The van der Waals surface area contributed by atoms with Gasteiger partial charge in [0.2, 0.25) is 0 Å². The van der Waals surface area contributed by atoms with Crippen LogP contribution in [0.4, 0.5) is 5.69 Å². The highest BCUT2D eigenvalue weighted by molar-refractivity contribution is 7.99. The van der Waals surface area contributed by atoms with Gasteiger partial charge in [-0.2, -0.15) is 0 Å². The van der Waals surface area contributed by atoms with Crippen molar-refractivity contribution in [1.29, 1.82) is 0 Å². The van der Waals surface area contributed by atoms with Crippen molar-refractivity contribution >= 4 is 29.1 Å². The average molecular weight is 248 g/mol. The van der Waals surface area contributed by atoms with Crippen molar-refractivity contribution in [2.45, 2.75) is 23.8 Å². The molecule has 0 aliphatic heterocycles. The predicted molar refractivity (Wildman–Crippen MR) is 59.3 cm³/mol. The molecule has 1 atom stereocenters. The molecule has 0 saturated carbocycles. The van der Waals surface area contributed by atoms with Gasteiger partial charge in [-0.15, -0.1) is 11.6 Å². The van der Waals surface area contributed by atoms with Crippen molar-refractivity contribution < 1.29 is 4.92 Å². The maximum absolute atomic E-state index is 10.3. The van der Waals surface area contributed by atoms with Crippen LogP contribution in [0.25, 0.3) is 0 Å². The van der Waals surface area contributed by atoms with Gasteiger partial charge in [0.25, 0.3) is 0 Å². The Balaban J connectivity index is 2.60. The summed E-state index contributed by atoms with van der Waals surface area (Å²) in [6.45, 7) is 2.01. The van der Waals surface area contributed by atoms with Crippen molar-refractivity contribution in [3.05, 3.63) is 22.5 Å². The molecule has 0 saturated heterocycles. The highest BCUT2D eigenvalue weighted by Crippen LogP contribution is 2.22. The Morgan fingerprint density at radius 1 is 1.60 bits per heavy atom. The van der Waals surface area contributed by atoms with Crippen LogP contribution in [0.5, 0.6) is 0 Å². The zero-order valence-electron chi connectivity index (χ0n) is 8.09. The largest absolute Gasteiger partial charge is 0.305 e. The number of aromatic nitrogens is 2. The quantitative estimate of drug-likeness (QED) is 0.263. The van der Waals surface area contributed by atoms with E-state index in [1.54, 1.807) is 0 Å². The fourth-order valence-electron chi connectivity index (χ4n) is 0.857. The van der Waals surface area contributed by atoms with Crippen molar-refractivity contribution in [3.63, 3.8) is 0 Å². The number of hydrogen-bond acceptors (Lipinski definition) is 5. The van der Waals surface area contributed by atoms with E-state index >= 15 is 0 Å². The lowest BCUT2D eigenvalue weighted by Crippen LogP contribution is -1.99. The van der Waals surface area contributed by atoms with Crippen LogP contribution < -0.4 is 0 Å². The van der Waals surface area contributed by atoms with Gasteiger partial charge in [-0.1, -0.05) is 18.7 Å². The molecule has 0 fully saturated rings. The van der Waals surface area contributed by atoms with E-state index in [0.29, 0.717) is 16.3 Å². The van der Waals surface area contributed by atoms with E-state index in [1.807, 2.05) is 6.92 Å². The fraction of sp³-hybridized carbons (Fsp3) is 0.500. The van der Waals surface area contributed by atoms with Gasteiger partial charge >= 0.3 is 5.69 Å². The molecule has 0 spiro atoms. The summed E-state index contributed by atoms with van der Waals surface area (Å²) in [7, 11) is 0. The molecular formula is C8H10ClN3O2S. The minimum Gasteiger partial charge on any atom is -0.258 e. The van der Waals surface area contributed by atoms with Crippen molar-refractivity contribution in [2.24, 2.45) is 0 Å². The van der Waals surface area contributed by atoms with Gasteiger partial charge in [-0.05, 0) is 6.42 Å². The van der Waals surface area contributed by atoms with Gasteiger partial charge in [0.1, 0.15) is 12.4 Å². The predicted octanol–water partition coefficient (Wildman–Crippen LogP) is 2.49. The molecule has 7 heteroatoms. The number of thioether (sulfide) groups is 1. The van der Waals surface area contributed by atoms with Crippen molar-refractivity contribution in [2.75, 3.05) is 5.88 Å². The smallest absolute Gasteiger partial charge is 0.258 e. The molecule has 1 heterocycles. The van der Waals surface area contributed by atoms with E-state index in [2.05, 4.69) is 9.97 Å². The SMILES string of the molecule is CC(CCCl)Sc1ncc([N+](=O)[O-])cn1. The zero-order valence-corrected chi connectivity index (χ0v) is 9.66. The van der Waals surface area contributed by atoms with Gasteiger partial charge in [-0.3, -0.25) is 10.1 Å². The molecule has 5 nitrogen and oxygen atoms in total. The minimum atomic E-state index is -0.517. The molecule has 0 amide bonds. The third-order valence-corrected chi connectivity index (χ3v) is 2.93.